The van der Waals surface area contributed by atoms with Crippen LogP contribution in [-0.2, 0) is 22.3 Å². The predicted octanol–water partition coefficient (Wildman–Crippen LogP) is 1.94. The van der Waals surface area contributed by atoms with Crippen LogP contribution in [0.3, 0.4) is 0 Å². The van der Waals surface area contributed by atoms with Gasteiger partial charge >= 0.3 is 0 Å². The first-order chi connectivity index (χ1) is 10.3. The molecule has 1 unspecified atom stereocenters. The minimum atomic E-state index is -3.63. The smallest absolute Gasteiger partial charge is 0.227 e. The van der Waals surface area contributed by atoms with Crippen LogP contribution in [0, 0.1) is 0 Å². The molecule has 1 aliphatic rings. The Hall–Kier alpha value is -1.37. The summed E-state index contributed by atoms with van der Waals surface area (Å²) in [7, 11) is -2.01. The summed E-state index contributed by atoms with van der Waals surface area (Å²) in [6, 6.07) is 7.23. The van der Waals surface area contributed by atoms with E-state index in [1.165, 1.54) is 10.8 Å². The standard InChI is InChI=1S/C15H17ClN2O3S/c1-18-9-8-17-14(18)22(20,21)10-13(19)15(6-7-15)11-2-4-12(16)5-3-11/h2-5,8-9,13,19H,6-7,10H2,1H3. The van der Waals surface area contributed by atoms with E-state index < -0.39 is 21.4 Å². The van der Waals surface area contributed by atoms with E-state index >= 15 is 0 Å². The Balaban J connectivity index is 1.84. The molecular weight excluding hydrogens is 324 g/mol. The van der Waals surface area contributed by atoms with Crippen LogP contribution < -0.4 is 0 Å². The Morgan fingerprint density at radius 1 is 1.36 bits per heavy atom. The zero-order chi connectivity index (χ0) is 16.0. The summed E-state index contributed by atoms with van der Waals surface area (Å²) in [6.45, 7) is 0. The van der Waals surface area contributed by atoms with E-state index in [0.29, 0.717) is 5.02 Å². The number of sulfone groups is 1. The maximum absolute atomic E-state index is 12.4. The summed E-state index contributed by atoms with van der Waals surface area (Å²) < 4.78 is 26.3. The lowest BCUT2D eigenvalue weighted by Gasteiger charge is -2.22. The zero-order valence-corrected chi connectivity index (χ0v) is 13.7. The van der Waals surface area contributed by atoms with Crippen molar-refractivity contribution < 1.29 is 13.5 Å². The number of aryl methyl sites for hydroxylation is 1. The number of hydrogen-bond donors (Lipinski definition) is 1. The van der Waals surface area contributed by atoms with Gasteiger partial charge in [0.1, 0.15) is 0 Å². The van der Waals surface area contributed by atoms with Crippen molar-refractivity contribution in [2.45, 2.75) is 29.5 Å². The molecule has 2 aromatic rings. The number of halogens is 1. The van der Waals surface area contributed by atoms with E-state index in [4.69, 9.17) is 11.6 Å². The second-order valence-corrected chi connectivity index (χ2v) is 8.15. The number of rotatable bonds is 5. The number of benzene rings is 1. The van der Waals surface area contributed by atoms with Gasteiger partial charge in [0.2, 0.25) is 15.0 Å². The number of hydrogen-bond acceptors (Lipinski definition) is 4. The number of nitrogens with zero attached hydrogens (tertiary/aromatic N) is 2. The lowest BCUT2D eigenvalue weighted by atomic mass is 9.91. The van der Waals surface area contributed by atoms with E-state index in [1.54, 1.807) is 25.4 Å². The largest absolute Gasteiger partial charge is 0.391 e. The lowest BCUT2D eigenvalue weighted by molar-refractivity contribution is 0.153. The third-order valence-corrected chi connectivity index (χ3v) is 6.23. The van der Waals surface area contributed by atoms with Crippen molar-refractivity contribution in [3.63, 3.8) is 0 Å². The molecule has 1 aromatic carbocycles. The molecule has 1 N–H and O–H groups in total. The molecule has 0 radical (unpaired) electrons. The fourth-order valence-electron chi connectivity index (χ4n) is 2.82. The summed E-state index contributed by atoms with van der Waals surface area (Å²) in [4.78, 5) is 3.87. The quantitative estimate of drug-likeness (QED) is 0.902. The normalized spacial score (nSPS) is 18.1. The van der Waals surface area contributed by atoms with Crippen LogP contribution in [0.2, 0.25) is 5.02 Å². The van der Waals surface area contributed by atoms with Crippen LogP contribution in [0.25, 0.3) is 0 Å². The molecular formula is C15H17ClN2O3S. The van der Waals surface area contributed by atoms with Crippen LogP contribution in [0.4, 0.5) is 0 Å². The SMILES string of the molecule is Cn1ccnc1S(=O)(=O)CC(O)C1(c2ccc(Cl)cc2)CC1. The molecule has 118 valence electrons. The van der Waals surface area contributed by atoms with Gasteiger partial charge in [0.05, 0.1) is 11.9 Å². The van der Waals surface area contributed by atoms with E-state index in [9.17, 15) is 13.5 Å². The molecule has 0 aliphatic heterocycles. The summed E-state index contributed by atoms with van der Waals surface area (Å²) in [5.74, 6) is -0.333. The van der Waals surface area contributed by atoms with E-state index in [-0.39, 0.29) is 10.9 Å². The fraction of sp³-hybridized carbons (Fsp3) is 0.400. The molecule has 0 bridgehead atoms. The molecule has 1 saturated carbocycles. The molecule has 1 fully saturated rings. The second kappa shape index (κ2) is 5.37. The average molecular weight is 341 g/mol. The molecule has 22 heavy (non-hydrogen) atoms. The highest BCUT2D eigenvalue weighted by atomic mass is 35.5. The van der Waals surface area contributed by atoms with Crippen LogP contribution in [0.5, 0.6) is 0 Å². The van der Waals surface area contributed by atoms with Gasteiger partial charge in [-0.3, -0.25) is 0 Å². The van der Waals surface area contributed by atoms with Crippen molar-refractivity contribution in [2.75, 3.05) is 5.75 Å². The zero-order valence-electron chi connectivity index (χ0n) is 12.1. The second-order valence-electron chi connectivity index (χ2n) is 5.78. The summed E-state index contributed by atoms with van der Waals surface area (Å²) >= 11 is 5.88. The Morgan fingerprint density at radius 3 is 2.50 bits per heavy atom. The Kier molecular flexibility index (Phi) is 3.79. The first-order valence-corrected chi connectivity index (χ1v) is 9.02. The van der Waals surface area contributed by atoms with Gasteiger partial charge in [-0.25, -0.2) is 13.4 Å². The number of imidazole rings is 1. The average Bonchev–Trinajstić information content (AvgIpc) is 3.15. The molecule has 0 saturated heterocycles. The predicted molar refractivity (Wildman–Crippen MR) is 83.6 cm³/mol. The molecule has 3 rings (SSSR count). The van der Waals surface area contributed by atoms with Crippen LogP contribution >= 0.6 is 11.6 Å². The van der Waals surface area contributed by atoms with Crippen molar-refractivity contribution >= 4 is 21.4 Å². The van der Waals surface area contributed by atoms with Gasteiger partial charge < -0.3 is 9.67 Å². The van der Waals surface area contributed by atoms with Gasteiger partial charge in [-0.05, 0) is 30.5 Å². The lowest BCUT2D eigenvalue weighted by Crippen LogP contribution is -2.34. The first kappa shape index (κ1) is 15.5. The van der Waals surface area contributed by atoms with Crippen molar-refractivity contribution in [1.82, 2.24) is 9.55 Å². The van der Waals surface area contributed by atoms with Crippen LogP contribution in [0.15, 0.2) is 41.8 Å². The highest BCUT2D eigenvalue weighted by Gasteiger charge is 2.51. The topological polar surface area (TPSA) is 72.2 Å². The van der Waals surface area contributed by atoms with Crippen LogP contribution in [0.1, 0.15) is 18.4 Å². The van der Waals surface area contributed by atoms with Gasteiger partial charge in [-0.1, -0.05) is 23.7 Å². The van der Waals surface area contributed by atoms with Gasteiger partial charge in [-0.15, -0.1) is 0 Å². The number of aromatic nitrogens is 2. The van der Waals surface area contributed by atoms with E-state index in [1.807, 2.05) is 12.1 Å². The Labute approximate surface area is 134 Å². The van der Waals surface area contributed by atoms with Gasteiger partial charge in [-0.2, -0.15) is 0 Å². The number of aliphatic hydroxyl groups excluding tert-OH is 1. The van der Waals surface area contributed by atoms with Crippen molar-refractivity contribution in [3.8, 4) is 0 Å². The highest BCUT2D eigenvalue weighted by Crippen LogP contribution is 2.51. The summed E-state index contributed by atoms with van der Waals surface area (Å²) in [5.41, 5.74) is 0.447. The summed E-state index contributed by atoms with van der Waals surface area (Å²) in [6.07, 6.45) is 3.59. The highest BCUT2D eigenvalue weighted by molar-refractivity contribution is 7.91. The molecule has 1 aliphatic carbocycles. The van der Waals surface area contributed by atoms with Crippen molar-refractivity contribution in [1.29, 1.82) is 0 Å². The van der Waals surface area contributed by atoms with Crippen molar-refractivity contribution in [2.24, 2.45) is 7.05 Å². The van der Waals surface area contributed by atoms with E-state index in [2.05, 4.69) is 4.98 Å². The van der Waals surface area contributed by atoms with Crippen molar-refractivity contribution in [3.05, 3.63) is 47.2 Å². The minimum absolute atomic E-state index is 0.0153. The molecule has 7 heteroatoms. The Morgan fingerprint density at radius 2 is 2.00 bits per heavy atom. The third kappa shape index (κ3) is 2.66. The van der Waals surface area contributed by atoms with Crippen LogP contribution in [-0.4, -0.2) is 34.9 Å². The van der Waals surface area contributed by atoms with Gasteiger partial charge in [0, 0.05) is 29.9 Å². The monoisotopic (exact) mass is 340 g/mol. The molecule has 5 nitrogen and oxygen atoms in total. The molecule has 1 heterocycles. The number of aliphatic hydroxyl groups is 1. The molecule has 1 atom stereocenters. The minimum Gasteiger partial charge on any atom is -0.391 e. The summed E-state index contributed by atoms with van der Waals surface area (Å²) in [5, 5.41) is 11.1. The molecule has 1 aromatic heterocycles. The van der Waals surface area contributed by atoms with E-state index in [0.717, 1.165) is 18.4 Å². The molecule has 0 spiro atoms. The maximum atomic E-state index is 12.4. The fourth-order valence-corrected chi connectivity index (χ4v) is 4.56. The molecule has 0 amide bonds. The van der Waals surface area contributed by atoms with Gasteiger partial charge in [0.15, 0.2) is 0 Å². The van der Waals surface area contributed by atoms with Gasteiger partial charge in [0.25, 0.3) is 0 Å². The third-order valence-electron chi connectivity index (χ3n) is 4.28. The Bertz CT molecular complexity index is 779. The first-order valence-electron chi connectivity index (χ1n) is 6.99. The maximum Gasteiger partial charge on any atom is 0.227 e.